The average molecular weight is 358 g/mol. The van der Waals surface area contributed by atoms with Crippen LogP contribution in [0.15, 0.2) is 0 Å². The lowest BCUT2D eigenvalue weighted by Gasteiger charge is -2.30. The summed E-state index contributed by atoms with van der Waals surface area (Å²) in [6.07, 6.45) is 10.5. The predicted molar refractivity (Wildman–Crippen MR) is 97.2 cm³/mol. The molecule has 24 heavy (non-hydrogen) atoms. The summed E-state index contributed by atoms with van der Waals surface area (Å²) in [5.41, 5.74) is 0. The Morgan fingerprint density at radius 3 is 2.29 bits per heavy atom. The Labute approximate surface area is 151 Å². The topological polar surface area (TPSA) is 70.2 Å². The van der Waals surface area contributed by atoms with Gasteiger partial charge in [-0.15, -0.1) is 12.4 Å². The highest BCUT2D eigenvalue weighted by Gasteiger charge is 2.34. The lowest BCUT2D eigenvalue weighted by molar-refractivity contribution is -0.127. The van der Waals surface area contributed by atoms with E-state index in [0.717, 1.165) is 38.5 Å². The maximum Gasteiger partial charge on any atom is 0.223 e. The predicted octanol–water partition coefficient (Wildman–Crippen LogP) is 2.28. The van der Waals surface area contributed by atoms with E-state index in [1.54, 1.807) is 0 Å². The van der Waals surface area contributed by atoms with Gasteiger partial charge in [-0.3, -0.25) is 9.59 Å². The van der Waals surface area contributed by atoms with Gasteiger partial charge in [0.05, 0.1) is 0 Å². The number of piperidine rings is 1. The van der Waals surface area contributed by atoms with Gasteiger partial charge >= 0.3 is 0 Å². The molecule has 2 amide bonds. The van der Waals surface area contributed by atoms with Gasteiger partial charge in [0.25, 0.3) is 0 Å². The third kappa shape index (κ3) is 5.35. The summed E-state index contributed by atoms with van der Waals surface area (Å²) in [5.74, 6) is 0.381. The van der Waals surface area contributed by atoms with Crippen molar-refractivity contribution < 1.29 is 9.59 Å². The Bertz CT molecular complexity index is 428. The molecule has 2 saturated heterocycles. The van der Waals surface area contributed by atoms with Crippen LogP contribution in [0.2, 0.25) is 0 Å². The fraction of sp³-hybridized carbons (Fsp3) is 0.889. The van der Waals surface area contributed by atoms with Gasteiger partial charge in [0.15, 0.2) is 0 Å². The van der Waals surface area contributed by atoms with Crippen LogP contribution >= 0.6 is 12.4 Å². The summed E-state index contributed by atoms with van der Waals surface area (Å²) in [7, 11) is 0. The van der Waals surface area contributed by atoms with E-state index >= 15 is 0 Å². The number of carbonyl (C=O) groups excluding carboxylic acids is 2. The smallest absolute Gasteiger partial charge is 0.223 e. The Kier molecular flexibility index (Phi) is 7.35. The van der Waals surface area contributed by atoms with E-state index in [1.807, 2.05) is 6.92 Å². The zero-order chi connectivity index (χ0) is 16.2. The lowest BCUT2D eigenvalue weighted by Crippen LogP contribution is -2.49. The molecule has 0 spiro atoms. The number of halogens is 1. The van der Waals surface area contributed by atoms with Gasteiger partial charge in [-0.1, -0.05) is 19.3 Å². The number of rotatable bonds is 5. The Balaban J connectivity index is 0.00000208. The number of hydrogen-bond acceptors (Lipinski definition) is 3. The van der Waals surface area contributed by atoms with Crippen molar-refractivity contribution >= 4 is 24.2 Å². The molecule has 3 unspecified atom stereocenters. The fourth-order valence-corrected chi connectivity index (χ4v) is 4.52. The van der Waals surface area contributed by atoms with Crippen LogP contribution in [-0.4, -0.2) is 36.0 Å². The van der Waals surface area contributed by atoms with E-state index in [9.17, 15) is 9.59 Å². The fourth-order valence-electron chi connectivity index (χ4n) is 4.52. The van der Waals surface area contributed by atoms with Crippen molar-refractivity contribution in [1.29, 1.82) is 0 Å². The first-order valence-electron chi connectivity index (χ1n) is 9.46. The SMILES string of the molecule is CC(CC(=O)NC1CC2CCC(C1)N2)NC(=O)C1CCCCC1.Cl. The number of hydrogen-bond donors (Lipinski definition) is 3. The van der Waals surface area contributed by atoms with Crippen LogP contribution in [-0.2, 0) is 9.59 Å². The van der Waals surface area contributed by atoms with E-state index in [1.165, 1.54) is 19.3 Å². The molecule has 3 aliphatic rings. The van der Waals surface area contributed by atoms with Gasteiger partial charge in [0.2, 0.25) is 11.8 Å². The maximum absolute atomic E-state index is 12.2. The number of nitrogens with one attached hydrogen (secondary N) is 3. The summed E-state index contributed by atoms with van der Waals surface area (Å²) in [4.78, 5) is 24.5. The Hall–Kier alpha value is -0.810. The molecule has 3 rings (SSSR count). The van der Waals surface area contributed by atoms with Gasteiger partial charge in [-0.05, 0) is 45.4 Å². The van der Waals surface area contributed by atoms with Crippen LogP contribution in [0.25, 0.3) is 0 Å². The average Bonchev–Trinajstić information content (AvgIpc) is 2.86. The number of amides is 2. The second-order valence-corrected chi connectivity index (χ2v) is 7.82. The van der Waals surface area contributed by atoms with Crippen molar-refractivity contribution in [1.82, 2.24) is 16.0 Å². The molecule has 2 bridgehead atoms. The van der Waals surface area contributed by atoms with Crippen LogP contribution in [0.5, 0.6) is 0 Å². The molecule has 138 valence electrons. The molecular weight excluding hydrogens is 326 g/mol. The van der Waals surface area contributed by atoms with Crippen molar-refractivity contribution in [3.8, 4) is 0 Å². The molecule has 1 saturated carbocycles. The highest BCUT2D eigenvalue weighted by Crippen LogP contribution is 2.27. The standard InChI is InChI=1S/C18H31N3O2.ClH/c1-12(19-18(23)13-5-3-2-4-6-13)9-17(22)21-16-10-14-7-8-15(11-16)20-14;/h12-16,20H,2-11H2,1H3,(H,19,23)(H,21,22);1H. The zero-order valence-electron chi connectivity index (χ0n) is 14.7. The molecule has 6 heteroatoms. The molecule has 3 atom stereocenters. The van der Waals surface area contributed by atoms with Gasteiger partial charge in [0, 0.05) is 36.5 Å². The van der Waals surface area contributed by atoms with E-state index < -0.39 is 0 Å². The molecule has 3 N–H and O–H groups in total. The van der Waals surface area contributed by atoms with Crippen molar-refractivity contribution in [3.05, 3.63) is 0 Å². The van der Waals surface area contributed by atoms with Crippen LogP contribution in [0.4, 0.5) is 0 Å². The molecular formula is C18H32ClN3O2. The molecule has 0 aromatic rings. The molecule has 0 aromatic heterocycles. The second-order valence-electron chi connectivity index (χ2n) is 7.82. The quantitative estimate of drug-likeness (QED) is 0.707. The number of fused-ring (bicyclic) bond motifs is 2. The zero-order valence-corrected chi connectivity index (χ0v) is 15.5. The highest BCUT2D eigenvalue weighted by molar-refractivity contribution is 5.85. The maximum atomic E-state index is 12.2. The van der Waals surface area contributed by atoms with E-state index in [4.69, 9.17) is 0 Å². The van der Waals surface area contributed by atoms with Crippen molar-refractivity contribution in [2.24, 2.45) is 5.92 Å². The minimum absolute atomic E-state index is 0. The Morgan fingerprint density at radius 2 is 1.67 bits per heavy atom. The van der Waals surface area contributed by atoms with Crippen LogP contribution in [0, 0.1) is 5.92 Å². The monoisotopic (exact) mass is 357 g/mol. The van der Waals surface area contributed by atoms with Gasteiger partial charge in [0.1, 0.15) is 0 Å². The van der Waals surface area contributed by atoms with Crippen LogP contribution in [0.1, 0.15) is 71.1 Å². The van der Waals surface area contributed by atoms with Crippen LogP contribution in [0.3, 0.4) is 0 Å². The third-order valence-electron chi connectivity index (χ3n) is 5.69. The molecule has 1 aliphatic carbocycles. The molecule has 2 aliphatic heterocycles. The first kappa shape index (κ1) is 19.5. The first-order valence-corrected chi connectivity index (χ1v) is 9.46. The summed E-state index contributed by atoms with van der Waals surface area (Å²) in [5, 5.41) is 9.80. The summed E-state index contributed by atoms with van der Waals surface area (Å²) < 4.78 is 0. The van der Waals surface area contributed by atoms with Crippen molar-refractivity contribution in [2.45, 2.75) is 95.3 Å². The molecule has 3 fully saturated rings. The van der Waals surface area contributed by atoms with Gasteiger partial charge in [-0.25, -0.2) is 0 Å². The molecule has 2 heterocycles. The van der Waals surface area contributed by atoms with Gasteiger partial charge in [-0.2, -0.15) is 0 Å². The summed E-state index contributed by atoms with van der Waals surface area (Å²) in [6, 6.07) is 1.40. The summed E-state index contributed by atoms with van der Waals surface area (Å²) in [6.45, 7) is 1.94. The largest absolute Gasteiger partial charge is 0.353 e. The first-order chi connectivity index (χ1) is 11.1. The minimum Gasteiger partial charge on any atom is -0.353 e. The minimum atomic E-state index is -0.0807. The molecule has 0 aromatic carbocycles. The third-order valence-corrected chi connectivity index (χ3v) is 5.69. The highest BCUT2D eigenvalue weighted by atomic mass is 35.5. The normalized spacial score (nSPS) is 31.0. The number of carbonyl (C=O) groups is 2. The lowest BCUT2D eigenvalue weighted by atomic mass is 9.88. The van der Waals surface area contributed by atoms with Crippen molar-refractivity contribution in [2.75, 3.05) is 0 Å². The summed E-state index contributed by atoms with van der Waals surface area (Å²) >= 11 is 0. The van der Waals surface area contributed by atoms with E-state index in [-0.39, 0.29) is 36.2 Å². The molecule has 0 radical (unpaired) electrons. The van der Waals surface area contributed by atoms with Crippen molar-refractivity contribution in [3.63, 3.8) is 0 Å². The van der Waals surface area contributed by atoms with Crippen LogP contribution < -0.4 is 16.0 Å². The molecule has 5 nitrogen and oxygen atoms in total. The second kappa shape index (κ2) is 9.04. The van der Waals surface area contributed by atoms with E-state index in [0.29, 0.717) is 24.5 Å². The van der Waals surface area contributed by atoms with E-state index in [2.05, 4.69) is 16.0 Å². The Morgan fingerprint density at radius 1 is 1.04 bits per heavy atom. The van der Waals surface area contributed by atoms with Gasteiger partial charge < -0.3 is 16.0 Å².